The van der Waals surface area contributed by atoms with Crippen LogP contribution in [0.3, 0.4) is 0 Å². The first-order valence-electron chi connectivity index (χ1n) is 15.0. The third kappa shape index (κ3) is 17.0. The molecule has 0 fully saturated rings. The van der Waals surface area contributed by atoms with E-state index in [4.69, 9.17) is 0 Å². The van der Waals surface area contributed by atoms with Crippen molar-refractivity contribution in [3.8, 4) is 0 Å². The summed E-state index contributed by atoms with van der Waals surface area (Å²) in [6, 6.07) is 21.9. The first kappa shape index (κ1) is 28.7. The molecular weight excluding hydrogens is 408 g/mol. The van der Waals surface area contributed by atoms with E-state index in [1.54, 1.807) is 0 Å². The highest BCUT2D eigenvalue weighted by Crippen LogP contribution is 2.16. The Morgan fingerprint density at radius 3 is 0.676 bits per heavy atom. The molecule has 0 radical (unpaired) electrons. The summed E-state index contributed by atoms with van der Waals surface area (Å²) in [7, 11) is 0. The van der Waals surface area contributed by atoms with Crippen LogP contribution in [0.15, 0.2) is 60.7 Å². The lowest BCUT2D eigenvalue weighted by molar-refractivity contribution is 0.520. The van der Waals surface area contributed by atoms with Crippen LogP contribution >= 0.6 is 0 Å². The molecule has 0 unspecified atom stereocenters. The second kappa shape index (κ2) is 21.9. The number of unbranched alkanes of at least 4 members (excludes halogenated alkanes) is 19. The predicted molar refractivity (Wildman–Crippen MR) is 153 cm³/mol. The first-order chi connectivity index (χ1) is 16.9. The fraction of sp³-hybridized carbons (Fsp3) is 0.647. The van der Waals surface area contributed by atoms with Crippen molar-refractivity contribution < 1.29 is 0 Å². The van der Waals surface area contributed by atoms with Gasteiger partial charge < -0.3 is 0 Å². The molecule has 0 saturated carbocycles. The number of rotatable bonds is 23. The number of hydrogen-bond acceptors (Lipinski definition) is 0. The topological polar surface area (TPSA) is 0 Å². The highest BCUT2D eigenvalue weighted by atomic mass is 14.0. The van der Waals surface area contributed by atoms with Gasteiger partial charge in [-0.15, -0.1) is 0 Å². The number of aryl methyl sites for hydroxylation is 2. The monoisotopic (exact) mass is 462 g/mol. The van der Waals surface area contributed by atoms with Crippen LogP contribution in [0.5, 0.6) is 0 Å². The average Bonchev–Trinajstić information content (AvgIpc) is 2.88. The maximum absolute atomic E-state index is 2.26. The summed E-state index contributed by atoms with van der Waals surface area (Å²) in [5.41, 5.74) is 3.01. The third-order valence-electron chi connectivity index (χ3n) is 7.37. The van der Waals surface area contributed by atoms with Gasteiger partial charge in [-0.1, -0.05) is 176 Å². The van der Waals surface area contributed by atoms with Crippen LogP contribution in [0.1, 0.15) is 140 Å². The van der Waals surface area contributed by atoms with Crippen LogP contribution in [0.25, 0.3) is 0 Å². The van der Waals surface area contributed by atoms with Crippen molar-refractivity contribution in [3.05, 3.63) is 71.8 Å². The van der Waals surface area contributed by atoms with E-state index in [-0.39, 0.29) is 0 Å². The zero-order valence-electron chi connectivity index (χ0n) is 22.3. The largest absolute Gasteiger partial charge is 0.0622 e. The number of hydrogen-bond donors (Lipinski definition) is 0. The van der Waals surface area contributed by atoms with E-state index >= 15 is 0 Å². The summed E-state index contributed by atoms with van der Waals surface area (Å²) in [5.74, 6) is 0. The minimum Gasteiger partial charge on any atom is -0.0622 e. The quantitative estimate of drug-likeness (QED) is 0.144. The molecule has 190 valence electrons. The fourth-order valence-electron chi connectivity index (χ4n) is 5.13. The third-order valence-corrected chi connectivity index (χ3v) is 7.37. The van der Waals surface area contributed by atoms with E-state index in [2.05, 4.69) is 60.7 Å². The van der Waals surface area contributed by atoms with Gasteiger partial charge in [-0.3, -0.25) is 0 Å². The van der Waals surface area contributed by atoms with E-state index in [0.29, 0.717) is 0 Å². The van der Waals surface area contributed by atoms with Gasteiger partial charge in [-0.2, -0.15) is 0 Å². The van der Waals surface area contributed by atoms with Crippen LogP contribution in [0.2, 0.25) is 0 Å². The molecule has 2 aromatic rings. The Kier molecular flexibility index (Phi) is 18.5. The van der Waals surface area contributed by atoms with Crippen LogP contribution < -0.4 is 0 Å². The Balaban J connectivity index is 1.19. The molecule has 0 spiro atoms. The molecule has 2 aromatic carbocycles. The summed E-state index contributed by atoms with van der Waals surface area (Å²) < 4.78 is 0. The Morgan fingerprint density at radius 2 is 0.441 bits per heavy atom. The molecule has 0 N–H and O–H groups in total. The van der Waals surface area contributed by atoms with Crippen LogP contribution in [0.4, 0.5) is 0 Å². The van der Waals surface area contributed by atoms with E-state index in [1.165, 1.54) is 152 Å². The second-order valence-electron chi connectivity index (χ2n) is 10.5. The van der Waals surface area contributed by atoms with Gasteiger partial charge in [0.15, 0.2) is 0 Å². The number of benzene rings is 2. The molecule has 0 bridgehead atoms. The van der Waals surface area contributed by atoms with Crippen molar-refractivity contribution in [2.75, 3.05) is 0 Å². The Hall–Kier alpha value is -1.56. The van der Waals surface area contributed by atoms with Crippen molar-refractivity contribution in [2.24, 2.45) is 0 Å². The van der Waals surface area contributed by atoms with Crippen molar-refractivity contribution in [2.45, 2.75) is 141 Å². The van der Waals surface area contributed by atoms with Gasteiger partial charge in [0.1, 0.15) is 0 Å². The molecule has 34 heavy (non-hydrogen) atoms. The van der Waals surface area contributed by atoms with Gasteiger partial charge in [0, 0.05) is 0 Å². The lowest BCUT2D eigenvalue weighted by Gasteiger charge is -2.04. The first-order valence-corrected chi connectivity index (χ1v) is 15.0. The fourth-order valence-corrected chi connectivity index (χ4v) is 5.13. The molecule has 0 aliphatic rings. The molecule has 0 aromatic heterocycles. The van der Waals surface area contributed by atoms with E-state index in [9.17, 15) is 0 Å². The molecule has 0 amide bonds. The van der Waals surface area contributed by atoms with E-state index in [1.807, 2.05) is 0 Å². The van der Waals surface area contributed by atoms with Crippen LogP contribution in [0, 0.1) is 0 Å². The Labute approximate surface area is 213 Å². The zero-order valence-corrected chi connectivity index (χ0v) is 22.3. The minimum absolute atomic E-state index is 1.26. The van der Waals surface area contributed by atoms with Gasteiger partial charge in [0.05, 0.1) is 0 Å². The van der Waals surface area contributed by atoms with Gasteiger partial charge in [0.2, 0.25) is 0 Å². The molecule has 0 heterocycles. The van der Waals surface area contributed by atoms with Crippen molar-refractivity contribution in [3.63, 3.8) is 0 Å². The maximum Gasteiger partial charge on any atom is -0.0279 e. The normalized spacial score (nSPS) is 11.2. The van der Waals surface area contributed by atoms with Crippen molar-refractivity contribution >= 4 is 0 Å². The molecule has 0 aliphatic carbocycles. The van der Waals surface area contributed by atoms with Gasteiger partial charge in [-0.25, -0.2) is 0 Å². The summed E-state index contributed by atoms with van der Waals surface area (Å²) in [5, 5.41) is 0. The smallest absolute Gasteiger partial charge is 0.0279 e. The molecular formula is C34H54. The highest BCUT2D eigenvalue weighted by Gasteiger charge is 1.97. The molecule has 0 heteroatoms. The van der Waals surface area contributed by atoms with E-state index in [0.717, 1.165) is 0 Å². The molecule has 0 atom stereocenters. The minimum atomic E-state index is 1.26. The molecule has 0 nitrogen and oxygen atoms in total. The Morgan fingerprint density at radius 1 is 0.235 bits per heavy atom. The molecule has 0 saturated heterocycles. The molecule has 2 rings (SSSR count). The lowest BCUT2D eigenvalue weighted by atomic mass is 10.0. The second-order valence-corrected chi connectivity index (χ2v) is 10.5. The summed E-state index contributed by atoms with van der Waals surface area (Å²) >= 11 is 0. The van der Waals surface area contributed by atoms with Crippen LogP contribution in [-0.2, 0) is 12.8 Å². The predicted octanol–water partition coefficient (Wildman–Crippen LogP) is 11.3. The summed E-state index contributed by atoms with van der Waals surface area (Å²) in [6.45, 7) is 0. The average molecular weight is 463 g/mol. The summed E-state index contributed by atoms with van der Waals surface area (Å²) in [6.07, 6.45) is 31.4. The van der Waals surface area contributed by atoms with Gasteiger partial charge in [-0.05, 0) is 36.8 Å². The lowest BCUT2D eigenvalue weighted by Crippen LogP contribution is -1.86. The zero-order chi connectivity index (χ0) is 23.8. The van der Waals surface area contributed by atoms with Crippen molar-refractivity contribution in [1.29, 1.82) is 0 Å². The Bertz CT molecular complexity index is 585. The van der Waals surface area contributed by atoms with Gasteiger partial charge in [0.25, 0.3) is 0 Å². The standard InChI is InChI=1S/C34H54/c1(3-5-7-9-11-13-15-17-21-27-33-29-23-19-24-30-33)2-4-6-8-10-12-14-16-18-22-28-34-31-25-20-26-32-34/h19-20,23-26,29-32H,1-18,21-22,27-28H2. The highest BCUT2D eigenvalue weighted by molar-refractivity contribution is 5.15. The van der Waals surface area contributed by atoms with Gasteiger partial charge >= 0.3 is 0 Å². The van der Waals surface area contributed by atoms with E-state index < -0.39 is 0 Å². The summed E-state index contributed by atoms with van der Waals surface area (Å²) in [4.78, 5) is 0. The van der Waals surface area contributed by atoms with Crippen LogP contribution in [-0.4, -0.2) is 0 Å². The van der Waals surface area contributed by atoms with Crippen molar-refractivity contribution in [1.82, 2.24) is 0 Å². The molecule has 0 aliphatic heterocycles. The SMILES string of the molecule is c1ccc(CCCCCCCCCCCCCCCCCCCCCCc2ccccc2)cc1. The maximum atomic E-state index is 2.26.